The first kappa shape index (κ1) is 35.6. The highest BCUT2D eigenvalue weighted by atomic mass is 35.6. The zero-order chi connectivity index (χ0) is 33.8. The first-order valence-corrected chi connectivity index (χ1v) is 16.9. The lowest BCUT2D eigenvalue weighted by Crippen LogP contribution is -2.45. The van der Waals surface area contributed by atoms with Crippen molar-refractivity contribution in [2.24, 2.45) is 0 Å². The first-order valence-electron chi connectivity index (χ1n) is 15.8. The summed E-state index contributed by atoms with van der Waals surface area (Å²) in [6, 6.07) is 23.1. The molecule has 0 saturated carbocycles. The molecule has 4 atom stereocenters. The minimum Gasteiger partial charge on any atom is -0.459 e. The lowest BCUT2D eigenvalue weighted by atomic mass is 9.97. The predicted molar refractivity (Wildman–Crippen MR) is 183 cm³/mol. The number of hydrogen-bond acceptors (Lipinski definition) is 7. The number of rotatable bonds is 9. The topological polar surface area (TPSA) is 97.3 Å². The molecule has 2 heterocycles. The summed E-state index contributed by atoms with van der Waals surface area (Å²) in [5.41, 5.74) is 4.85. The number of hydrogen-bond donors (Lipinski definition) is 2. The quantitative estimate of drug-likeness (QED) is 0.180. The number of carbonyl (C=O) groups excluding carboxylic acids is 2. The molecule has 0 spiro atoms. The van der Waals surface area contributed by atoms with Crippen molar-refractivity contribution >= 4 is 46.7 Å². The molecule has 4 unspecified atom stereocenters. The standard InChI is InChI=1S/C36H41Cl3N2O6/c1-35(2,3)47-32(43)30-9-6-18-41(30)21-28-19-31(25-12-10-23(22-42)11-13-25)46-33(45-28)26-16-14-24(15-17-26)29-8-5-4-7-27(29)20-40-34(44)36(37,38)39/h4-5,7-8,10-17,28,30-31,33,42H,6,9,18-22H2,1-3H3,(H,40,44). The van der Waals surface area contributed by atoms with Crippen molar-refractivity contribution in [1.29, 1.82) is 0 Å². The number of aliphatic hydroxyl groups is 1. The zero-order valence-electron chi connectivity index (χ0n) is 26.8. The maximum absolute atomic E-state index is 13.0. The Balaban J connectivity index is 1.35. The third-order valence-electron chi connectivity index (χ3n) is 8.30. The zero-order valence-corrected chi connectivity index (χ0v) is 29.0. The monoisotopic (exact) mass is 702 g/mol. The van der Waals surface area contributed by atoms with Gasteiger partial charge in [-0.15, -0.1) is 0 Å². The Morgan fingerprint density at radius 3 is 2.30 bits per heavy atom. The second kappa shape index (κ2) is 15.2. The molecule has 0 radical (unpaired) electrons. The van der Waals surface area contributed by atoms with Crippen molar-refractivity contribution in [3.63, 3.8) is 0 Å². The van der Waals surface area contributed by atoms with Crippen LogP contribution in [0.15, 0.2) is 72.8 Å². The number of esters is 1. The van der Waals surface area contributed by atoms with E-state index in [9.17, 15) is 14.7 Å². The van der Waals surface area contributed by atoms with Gasteiger partial charge < -0.3 is 24.6 Å². The van der Waals surface area contributed by atoms with Gasteiger partial charge in [0.2, 0.25) is 0 Å². The van der Waals surface area contributed by atoms with E-state index < -0.39 is 21.6 Å². The smallest absolute Gasteiger partial charge is 0.323 e. The molecular formula is C36H41Cl3N2O6. The molecule has 0 aromatic heterocycles. The summed E-state index contributed by atoms with van der Waals surface area (Å²) in [4.78, 5) is 27.4. The van der Waals surface area contributed by atoms with Crippen LogP contribution in [0.3, 0.4) is 0 Å². The van der Waals surface area contributed by atoms with E-state index in [1.165, 1.54) is 0 Å². The number of nitrogens with one attached hydrogen (secondary N) is 1. The second-order valence-electron chi connectivity index (χ2n) is 13.0. The molecule has 2 aliphatic rings. The highest BCUT2D eigenvalue weighted by molar-refractivity contribution is 6.76. The van der Waals surface area contributed by atoms with Crippen molar-refractivity contribution < 1.29 is 28.9 Å². The number of likely N-dealkylation sites (tertiary alicyclic amines) is 1. The van der Waals surface area contributed by atoms with E-state index in [1.54, 1.807) is 0 Å². The minimum atomic E-state index is -2.04. The molecule has 8 nitrogen and oxygen atoms in total. The number of aliphatic hydroxyl groups excluding tert-OH is 1. The van der Waals surface area contributed by atoms with Crippen LogP contribution in [-0.2, 0) is 37.0 Å². The van der Waals surface area contributed by atoms with Gasteiger partial charge in [0, 0.05) is 25.1 Å². The molecular weight excluding hydrogens is 663 g/mol. The molecule has 0 bridgehead atoms. The van der Waals surface area contributed by atoms with Gasteiger partial charge in [-0.25, -0.2) is 0 Å². The maximum Gasteiger partial charge on any atom is 0.323 e. The van der Waals surface area contributed by atoms with Crippen LogP contribution in [0.5, 0.6) is 0 Å². The Morgan fingerprint density at radius 2 is 1.64 bits per heavy atom. The van der Waals surface area contributed by atoms with Crippen LogP contribution in [0.1, 0.15) is 74.7 Å². The molecule has 2 N–H and O–H groups in total. The SMILES string of the molecule is CC(C)(C)OC(=O)C1CCCN1CC1CC(c2ccc(CO)cc2)OC(c2ccc(-c3ccccc3CNC(=O)C(Cl)(Cl)Cl)cc2)O1. The molecule has 3 aromatic carbocycles. The minimum absolute atomic E-state index is 0.0318. The third kappa shape index (κ3) is 9.48. The molecule has 2 saturated heterocycles. The largest absolute Gasteiger partial charge is 0.459 e. The average molecular weight is 704 g/mol. The molecule has 3 aromatic rings. The van der Waals surface area contributed by atoms with Gasteiger partial charge in [-0.05, 0) is 68.0 Å². The van der Waals surface area contributed by atoms with Crippen LogP contribution in [0.4, 0.5) is 0 Å². The van der Waals surface area contributed by atoms with E-state index in [-0.39, 0.29) is 37.4 Å². The first-order chi connectivity index (χ1) is 22.3. The third-order valence-corrected chi connectivity index (χ3v) is 8.82. The molecule has 47 heavy (non-hydrogen) atoms. The molecule has 252 valence electrons. The Hall–Kier alpha value is -2.69. The van der Waals surface area contributed by atoms with Crippen LogP contribution in [0.2, 0.25) is 0 Å². The average Bonchev–Trinajstić information content (AvgIpc) is 3.51. The van der Waals surface area contributed by atoms with Gasteiger partial charge >= 0.3 is 5.97 Å². The number of halogens is 3. The molecule has 2 fully saturated rings. The fourth-order valence-corrected chi connectivity index (χ4v) is 6.23. The van der Waals surface area contributed by atoms with Gasteiger partial charge in [0.05, 0.1) is 18.8 Å². The molecule has 0 aliphatic carbocycles. The van der Waals surface area contributed by atoms with Gasteiger partial charge in [-0.3, -0.25) is 14.5 Å². The van der Waals surface area contributed by atoms with Crippen molar-refractivity contribution in [3.8, 4) is 11.1 Å². The number of ether oxygens (including phenoxy) is 3. The number of alkyl halides is 3. The van der Waals surface area contributed by atoms with E-state index in [2.05, 4.69) is 10.2 Å². The van der Waals surface area contributed by atoms with Crippen LogP contribution < -0.4 is 5.32 Å². The maximum atomic E-state index is 13.0. The van der Waals surface area contributed by atoms with E-state index in [1.807, 2.05) is 93.6 Å². The van der Waals surface area contributed by atoms with E-state index >= 15 is 0 Å². The summed E-state index contributed by atoms with van der Waals surface area (Å²) >= 11 is 17.2. The summed E-state index contributed by atoms with van der Waals surface area (Å²) in [6.45, 7) is 7.18. The van der Waals surface area contributed by atoms with Crippen molar-refractivity contribution in [3.05, 3.63) is 95.1 Å². The van der Waals surface area contributed by atoms with E-state index in [4.69, 9.17) is 49.0 Å². The normalized spacial score (nSPS) is 22.2. The highest BCUT2D eigenvalue weighted by Gasteiger charge is 2.39. The van der Waals surface area contributed by atoms with Crippen molar-refractivity contribution in [2.45, 2.75) is 87.1 Å². The summed E-state index contributed by atoms with van der Waals surface area (Å²) in [7, 11) is 0. The Kier molecular flexibility index (Phi) is 11.6. The number of amides is 1. The Labute approximate surface area is 291 Å². The summed E-state index contributed by atoms with van der Waals surface area (Å²) in [5.74, 6) is -0.891. The van der Waals surface area contributed by atoms with Crippen molar-refractivity contribution in [2.75, 3.05) is 13.1 Å². The Bertz CT molecular complexity index is 1520. The van der Waals surface area contributed by atoms with Crippen LogP contribution >= 0.6 is 34.8 Å². The molecule has 5 rings (SSSR count). The fraction of sp³-hybridized carbons (Fsp3) is 0.444. The Morgan fingerprint density at radius 1 is 0.957 bits per heavy atom. The number of carbonyl (C=O) groups is 2. The highest BCUT2D eigenvalue weighted by Crippen LogP contribution is 2.39. The summed E-state index contributed by atoms with van der Waals surface area (Å²) in [5, 5.41) is 12.2. The number of benzene rings is 3. The molecule has 1 amide bonds. The van der Waals surface area contributed by atoms with Gasteiger partial charge in [-0.1, -0.05) is 108 Å². The lowest BCUT2D eigenvalue weighted by Gasteiger charge is -2.38. The fourth-order valence-electron chi connectivity index (χ4n) is 6.03. The lowest BCUT2D eigenvalue weighted by molar-refractivity contribution is -0.253. The van der Waals surface area contributed by atoms with Gasteiger partial charge in [0.1, 0.15) is 11.6 Å². The van der Waals surface area contributed by atoms with Gasteiger partial charge in [0.25, 0.3) is 9.70 Å². The van der Waals surface area contributed by atoms with Gasteiger partial charge in [0.15, 0.2) is 6.29 Å². The van der Waals surface area contributed by atoms with Crippen molar-refractivity contribution in [1.82, 2.24) is 10.2 Å². The molecule has 11 heteroatoms. The second-order valence-corrected chi connectivity index (χ2v) is 15.3. The van der Waals surface area contributed by atoms with Crippen LogP contribution in [0, 0.1) is 0 Å². The number of nitrogens with zero attached hydrogens (tertiary/aromatic N) is 1. The van der Waals surface area contributed by atoms with E-state index in [0.717, 1.165) is 52.8 Å². The summed E-state index contributed by atoms with van der Waals surface area (Å²) < 4.78 is 16.8. The van der Waals surface area contributed by atoms with Crippen LogP contribution in [-0.4, -0.2) is 56.5 Å². The molecule has 2 aliphatic heterocycles. The summed E-state index contributed by atoms with van der Waals surface area (Å²) in [6.07, 6.45) is 1.17. The van der Waals surface area contributed by atoms with Gasteiger partial charge in [-0.2, -0.15) is 0 Å². The van der Waals surface area contributed by atoms with Crippen LogP contribution in [0.25, 0.3) is 11.1 Å². The van der Waals surface area contributed by atoms with E-state index in [0.29, 0.717) is 13.0 Å². The predicted octanol–water partition coefficient (Wildman–Crippen LogP) is 7.18.